The first-order chi connectivity index (χ1) is 11.7. The van der Waals surface area contributed by atoms with Crippen LogP contribution in [0.25, 0.3) is 11.0 Å². The lowest BCUT2D eigenvalue weighted by atomic mass is 10.2. The van der Waals surface area contributed by atoms with Gasteiger partial charge in [0.25, 0.3) is 5.91 Å². The summed E-state index contributed by atoms with van der Waals surface area (Å²) in [5.74, 6) is -0.306. The Morgan fingerprint density at radius 1 is 1.17 bits per heavy atom. The normalized spacial score (nSPS) is 15.0. The number of ether oxygens (including phenoxy) is 1. The van der Waals surface area contributed by atoms with Crippen molar-refractivity contribution in [2.75, 3.05) is 36.5 Å². The highest BCUT2D eigenvalue weighted by Gasteiger charge is 2.20. The average Bonchev–Trinajstić information content (AvgIpc) is 3.25. The summed E-state index contributed by atoms with van der Waals surface area (Å²) in [6.07, 6.45) is 1.71. The fourth-order valence-electron chi connectivity index (χ4n) is 2.74. The Bertz CT molecular complexity index is 880. The maximum atomic E-state index is 12.3. The summed E-state index contributed by atoms with van der Waals surface area (Å²) in [5.41, 5.74) is 2.93. The monoisotopic (exact) mass is 328 g/mol. The first kappa shape index (κ1) is 14.6. The molecule has 3 aromatic rings. The summed E-state index contributed by atoms with van der Waals surface area (Å²) in [5, 5.41) is 14.8. The zero-order valence-electron chi connectivity index (χ0n) is 13.1. The van der Waals surface area contributed by atoms with Crippen LogP contribution >= 0.6 is 0 Å². The number of hydrogen-bond acceptors (Lipinski definition) is 7. The minimum Gasteiger partial charge on any atom is -0.378 e. The van der Waals surface area contributed by atoms with E-state index >= 15 is 0 Å². The van der Waals surface area contributed by atoms with E-state index in [9.17, 15) is 4.79 Å². The average molecular weight is 328 g/mol. The number of aromatic nitrogens is 4. The highest BCUT2D eigenvalue weighted by molar-refractivity contribution is 6.08. The molecule has 2 aromatic heterocycles. The number of carbonyl (C=O) groups is 1. The summed E-state index contributed by atoms with van der Waals surface area (Å²) in [6, 6.07) is 5.36. The van der Waals surface area contributed by atoms with E-state index in [1.807, 2.05) is 6.07 Å². The van der Waals surface area contributed by atoms with Crippen LogP contribution in [0.2, 0.25) is 0 Å². The highest BCUT2D eigenvalue weighted by atomic mass is 16.6. The Morgan fingerprint density at radius 3 is 2.71 bits per heavy atom. The number of hydrogen-bond donors (Lipinski definition) is 1. The van der Waals surface area contributed by atoms with Gasteiger partial charge < -0.3 is 15.0 Å². The quantitative estimate of drug-likeness (QED) is 0.767. The topological polar surface area (TPSA) is 98.3 Å². The van der Waals surface area contributed by atoms with Crippen LogP contribution in [-0.2, 0) is 11.8 Å². The van der Waals surface area contributed by atoms with Gasteiger partial charge in [-0.1, -0.05) is 0 Å². The molecule has 1 fully saturated rings. The van der Waals surface area contributed by atoms with E-state index in [2.05, 4.69) is 25.6 Å². The standard InChI is InChI=1S/C15H16N6O3/c1-20-5-4-11(17-20)15(22)16-10-2-3-12(14-13(10)18-24-19-14)21-6-8-23-9-7-21/h2-5H,6-9H2,1H3,(H,16,22). The van der Waals surface area contributed by atoms with Crippen molar-refractivity contribution in [1.82, 2.24) is 20.1 Å². The molecule has 124 valence electrons. The molecule has 0 aliphatic carbocycles. The summed E-state index contributed by atoms with van der Waals surface area (Å²) in [4.78, 5) is 14.5. The minimum atomic E-state index is -0.306. The maximum absolute atomic E-state index is 12.3. The molecule has 0 saturated carbocycles. The molecule has 24 heavy (non-hydrogen) atoms. The van der Waals surface area contributed by atoms with Crippen molar-refractivity contribution in [3.05, 3.63) is 30.1 Å². The molecule has 4 rings (SSSR count). The van der Waals surface area contributed by atoms with E-state index in [0.29, 0.717) is 35.6 Å². The number of carbonyl (C=O) groups excluding carboxylic acids is 1. The van der Waals surface area contributed by atoms with E-state index < -0.39 is 0 Å². The van der Waals surface area contributed by atoms with Gasteiger partial charge in [-0.3, -0.25) is 9.48 Å². The molecule has 0 atom stereocenters. The van der Waals surface area contributed by atoms with Crippen LogP contribution in [0, 0.1) is 0 Å². The fourth-order valence-corrected chi connectivity index (χ4v) is 2.74. The number of fused-ring (bicyclic) bond motifs is 1. The van der Waals surface area contributed by atoms with E-state index in [-0.39, 0.29) is 5.91 Å². The van der Waals surface area contributed by atoms with Crippen LogP contribution in [0.3, 0.4) is 0 Å². The molecule has 0 spiro atoms. The van der Waals surface area contributed by atoms with Gasteiger partial charge in [0.1, 0.15) is 0 Å². The third-order valence-electron chi connectivity index (χ3n) is 3.94. The van der Waals surface area contributed by atoms with Gasteiger partial charge in [-0.2, -0.15) is 5.10 Å². The number of rotatable bonds is 3. The van der Waals surface area contributed by atoms with Crippen LogP contribution in [0.4, 0.5) is 11.4 Å². The van der Waals surface area contributed by atoms with E-state index in [1.54, 1.807) is 30.1 Å². The SMILES string of the molecule is Cn1ccc(C(=O)Nc2ccc(N3CCOCC3)c3nonc23)n1. The molecule has 1 saturated heterocycles. The molecule has 3 heterocycles. The number of nitrogens with zero attached hydrogens (tertiary/aromatic N) is 5. The Balaban J connectivity index is 1.65. The smallest absolute Gasteiger partial charge is 0.276 e. The second kappa shape index (κ2) is 5.93. The van der Waals surface area contributed by atoms with Crippen molar-refractivity contribution < 1.29 is 14.2 Å². The van der Waals surface area contributed by atoms with Crippen molar-refractivity contribution in [3.8, 4) is 0 Å². The molecule has 0 radical (unpaired) electrons. The first-order valence-corrected chi connectivity index (χ1v) is 7.61. The number of amides is 1. The molecule has 0 unspecified atom stereocenters. The minimum absolute atomic E-state index is 0.306. The van der Waals surface area contributed by atoms with Gasteiger partial charge in [-0.15, -0.1) is 0 Å². The predicted octanol–water partition coefficient (Wildman–Crippen LogP) is 1.05. The summed E-state index contributed by atoms with van der Waals surface area (Å²) >= 11 is 0. The number of anilines is 2. The third-order valence-corrected chi connectivity index (χ3v) is 3.94. The Morgan fingerprint density at radius 2 is 1.96 bits per heavy atom. The van der Waals surface area contributed by atoms with Crippen molar-refractivity contribution in [2.24, 2.45) is 7.05 Å². The zero-order valence-corrected chi connectivity index (χ0v) is 13.1. The van der Waals surface area contributed by atoms with Crippen molar-refractivity contribution in [3.63, 3.8) is 0 Å². The molecular formula is C15H16N6O3. The lowest BCUT2D eigenvalue weighted by Crippen LogP contribution is -2.36. The van der Waals surface area contributed by atoms with Crippen molar-refractivity contribution in [1.29, 1.82) is 0 Å². The van der Waals surface area contributed by atoms with Crippen LogP contribution in [-0.4, -0.2) is 52.3 Å². The largest absolute Gasteiger partial charge is 0.378 e. The van der Waals surface area contributed by atoms with Gasteiger partial charge in [-0.25, -0.2) is 4.63 Å². The molecule has 9 heteroatoms. The maximum Gasteiger partial charge on any atom is 0.276 e. The van der Waals surface area contributed by atoms with Crippen LogP contribution in [0.1, 0.15) is 10.5 Å². The van der Waals surface area contributed by atoms with Crippen molar-refractivity contribution >= 4 is 28.3 Å². The lowest BCUT2D eigenvalue weighted by Gasteiger charge is -2.28. The second-order valence-electron chi connectivity index (χ2n) is 5.52. The molecule has 0 bridgehead atoms. The second-order valence-corrected chi connectivity index (χ2v) is 5.52. The van der Waals surface area contributed by atoms with Gasteiger partial charge in [0, 0.05) is 26.3 Å². The van der Waals surface area contributed by atoms with Gasteiger partial charge in [0.2, 0.25) is 0 Å². The fraction of sp³-hybridized carbons (Fsp3) is 0.333. The van der Waals surface area contributed by atoms with Gasteiger partial charge >= 0.3 is 0 Å². The highest BCUT2D eigenvalue weighted by Crippen LogP contribution is 2.30. The van der Waals surface area contributed by atoms with Gasteiger partial charge in [0.05, 0.1) is 24.6 Å². The van der Waals surface area contributed by atoms with Gasteiger partial charge in [-0.05, 0) is 28.5 Å². The molecule has 9 nitrogen and oxygen atoms in total. The Hall–Kier alpha value is -2.94. The molecular weight excluding hydrogens is 312 g/mol. The number of morpholine rings is 1. The molecule has 1 aliphatic rings. The summed E-state index contributed by atoms with van der Waals surface area (Å²) < 4.78 is 11.8. The zero-order chi connectivity index (χ0) is 16.5. The van der Waals surface area contributed by atoms with E-state index in [1.165, 1.54) is 0 Å². The molecule has 1 aromatic carbocycles. The first-order valence-electron chi connectivity index (χ1n) is 7.61. The third kappa shape index (κ3) is 2.58. The van der Waals surface area contributed by atoms with Crippen LogP contribution in [0.15, 0.2) is 29.0 Å². The van der Waals surface area contributed by atoms with E-state index in [4.69, 9.17) is 9.37 Å². The van der Waals surface area contributed by atoms with Gasteiger partial charge in [0.15, 0.2) is 16.7 Å². The Labute approximate surface area is 137 Å². The molecule has 1 aliphatic heterocycles. The number of benzene rings is 1. The molecule has 1 amide bonds. The molecule has 1 N–H and O–H groups in total. The van der Waals surface area contributed by atoms with Crippen LogP contribution in [0.5, 0.6) is 0 Å². The number of aryl methyl sites for hydroxylation is 1. The van der Waals surface area contributed by atoms with E-state index in [0.717, 1.165) is 18.8 Å². The van der Waals surface area contributed by atoms with Crippen LogP contribution < -0.4 is 10.2 Å². The summed E-state index contributed by atoms with van der Waals surface area (Å²) in [6.45, 7) is 2.90. The lowest BCUT2D eigenvalue weighted by molar-refractivity contribution is 0.102. The predicted molar refractivity (Wildman–Crippen MR) is 86.0 cm³/mol. The summed E-state index contributed by atoms with van der Waals surface area (Å²) in [7, 11) is 1.76. The number of nitrogens with one attached hydrogen (secondary N) is 1. The Kier molecular flexibility index (Phi) is 3.62. The van der Waals surface area contributed by atoms with Crippen molar-refractivity contribution in [2.45, 2.75) is 0 Å².